The average molecular weight is 258 g/mol. The first-order valence-electron chi connectivity index (χ1n) is 6.86. The molecular formula is C14H30N2S. The SMILES string of the molecule is CC(C)C(CNC(C)(C)C)N(C)C1CCSC1. The molecule has 1 N–H and O–H groups in total. The van der Waals surface area contributed by atoms with E-state index in [0.29, 0.717) is 12.0 Å². The minimum absolute atomic E-state index is 0.221. The minimum atomic E-state index is 0.221. The van der Waals surface area contributed by atoms with Crippen LogP contribution in [0.4, 0.5) is 0 Å². The summed E-state index contributed by atoms with van der Waals surface area (Å²) < 4.78 is 0. The van der Waals surface area contributed by atoms with Gasteiger partial charge in [0.25, 0.3) is 0 Å². The lowest BCUT2D eigenvalue weighted by Crippen LogP contribution is -2.51. The van der Waals surface area contributed by atoms with Crippen LogP contribution in [0.25, 0.3) is 0 Å². The van der Waals surface area contributed by atoms with Gasteiger partial charge in [-0.05, 0) is 45.9 Å². The van der Waals surface area contributed by atoms with E-state index in [2.05, 4.69) is 63.6 Å². The first kappa shape index (κ1) is 15.3. The predicted molar refractivity (Wildman–Crippen MR) is 79.9 cm³/mol. The van der Waals surface area contributed by atoms with Crippen molar-refractivity contribution in [3.05, 3.63) is 0 Å². The van der Waals surface area contributed by atoms with E-state index in [1.807, 2.05) is 0 Å². The van der Waals surface area contributed by atoms with E-state index in [4.69, 9.17) is 0 Å². The first-order chi connectivity index (χ1) is 7.81. The molecule has 1 aliphatic rings. The summed E-state index contributed by atoms with van der Waals surface area (Å²) in [7, 11) is 2.31. The molecule has 17 heavy (non-hydrogen) atoms. The molecule has 0 aliphatic carbocycles. The van der Waals surface area contributed by atoms with Crippen LogP contribution in [0, 0.1) is 5.92 Å². The molecule has 1 fully saturated rings. The van der Waals surface area contributed by atoms with Crippen LogP contribution in [0.2, 0.25) is 0 Å². The highest BCUT2D eigenvalue weighted by atomic mass is 32.2. The standard InChI is InChI=1S/C14H30N2S/c1-11(2)13(9-15-14(3,4)5)16(6)12-7-8-17-10-12/h11-13,15H,7-10H2,1-6H3. The molecule has 0 aromatic heterocycles. The van der Waals surface area contributed by atoms with Gasteiger partial charge in [-0.25, -0.2) is 0 Å². The summed E-state index contributed by atoms with van der Waals surface area (Å²) in [5.74, 6) is 3.36. The summed E-state index contributed by atoms with van der Waals surface area (Å²) in [6, 6.07) is 1.44. The number of rotatable bonds is 5. The first-order valence-corrected chi connectivity index (χ1v) is 8.01. The van der Waals surface area contributed by atoms with E-state index in [9.17, 15) is 0 Å². The number of thioether (sulfide) groups is 1. The van der Waals surface area contributed by atoms with Gasteiger partial charge < -0.3 is 5.32 Å². The zero-order valence-electron chi connectivity index (χ0n) is 12.4. The van der Waals surface area contributed by atoms with Gasteiger partial charge in [-0.2, -0.15) is 11.8 Å². The molecular weight excluding hydrogens is 228 g/mol. The Labute approximate surface area is 112 Å². The van der Waals surface area contributed by atoms with Crippen LogP contribution >= 0.6 is 11.8 Å². The Morgan fingerprint density at radius 1 is 1.35 bits per heavy atom. The molecule has 2 unspecified atom stereocenters. The maximum absolute atomic E-state index is 3.66. The minimum Gasteiger partial charge on any atom is -0.311 e. The fourth-order valence-electron chi connectivity index (χ4n) is 2.37. The van der Waals surface area contributed by atoms with Crippen LogP contribution in [-0.4, -0.2) is 47.6 Å². The van der Waals surface area contributed by atoms with Crippen molar-refractivity contribution in [1.29, 1.82) is 0 Å². The maximum atomic E-state index is 3.66. The van der Waals surface area contributed by atoms with Crippen LogP contribution in [0.15, 0.2) is 0 Å². The van der Waals surface area contributed by atoms with E-state index in [1.165, 1.54) is 17.9 Å². The normalized spacial score (nSPS) is 23.6. The van der Waals surface area contributed by atoms with E-state index in [0.717, 1.165) is 12.6 Å². The third kappa shape index (κ3) is 5.19. The summed E-state index contributed by atoms with van der Waals surface area (Å²) in [6.07, 6.45) is 1.36. The van der Waals surface area contributed by atoms with Crippen LogP contribution in [0.3, 0.4) is 0 Å². The molecule has 2 nitrogen and oxygen atoms in total. The summed E-state index contributed by atoms with van der Waals surface area (Å²) in [6.45, 7) is 12.5. The van der Waals surface area contributed by atoms with Gasteiger partial charge in [0.2, 0.25) is 0 Å². The second kappa shape index (κ2) is 6.44. The Morgan fingerprint density at radius 2 is 2.00 bits per heavy atom. The number of hydrogen-bond donors (Lipinski definition) is 1. The Bertz CT molecular complexity index is 217. The maximum Gasteiger partial charge on any atom is 0.0244 e. The van der Waals surface area contributed by atoms with Gasteiger partial charge in [-0.3, -0.25) is 4.90 Å². The number of likely N-dealkylation sites (N-methyl/N-ethyl adjacent to an activating group) is 1. The topological polar surface area (TPSA) is 15.3 Å². The van der Waals surface area contributed by atoms with Gasteiger partial charge in [0.1, 0.15) is 0 Å². The molecule has 102 valence electrons. The molecule has 0 amide bonds. The van der Waals surface area contributed by atoms with Crippen molar-refractivity contribution in [1.82, 2.24) is 10.2 Å². The lowest BCUT2D eigenvalue weighted by Gasteiger charge is -2.37. The zero-order chi connectivity index (χ0) is 13.1. The second-order valence-electron chi connectivity index (χ2n) is 6.63. The van der Waals surface area contributed by atoms with Crippen LogP contribution < -0.4 is 5.32 Å². The summed E-state index contributed by atoms with van der Waals surface area (Å²) >= 11 is 2.10. The van der Waals surface area contributed by atoms with Crippen molar-refractivity contribution in [3.63, 3.8) is 0 Å². The fourth-order valence-corrected chi connectivity index (χ4v) is 3.65. The summed E-state index contributed by atoms with van der Waals surface area (Å²) in [5.41, 5.74) is 0.221. The Morgan fingerprint density at radius 3 is 2.41 bits per heavy atom. The molecule has 0 spiro atoms. The highest BCUT2D eigenvalue weighted by Crippen LogP contribution is 2.24. The summed E-state index contributed by atoms with van der Waals surface area (Å²) in [5, 5.41) is 3.66. The molecule has 2 atom stereocenters. The van der Waals surface area contributed by atoms with Crippen LogP contribution in [-0.2, 0) is 0 Å². The van der Waals surface area contributed by atoms with Crippen molar-refractivity contribution < 1.29 is 0 Å². The Hall–Kier alpha value is 0.270. The second-order valence-corrected chi connectivity index (χ2v) is 7.77. The molecule has 0 radical (unpaired) electrons. The smallest absolute Gasteiger partial charge is 0.0244 e. The van der Waals surface area contributed by atoms with E-state index in [-0.39, 0.29) is 5.54 Å². The number of nitrogens with one attached hydrogen (secondary N) is 1. The van der Waals surface area contributed by atoms with Gasteiger partial charge in [0.15, 0.2) is 0 Å². The largest absolute Gasteiger partial charge is 0.311 e. The number of hydrogen-bond acceptors (Lipinski definition) is 3. The lowest BCUT2D eigenvalue weighted by atomic mass is 9.99. The monoisotopic (exact) mass is 258 g/mol. The molecule has 1 aliphatic heterocycles. The molecule has 3 heteroatoms. The van der Waals surface area contributed by atoms with Crippen molar-refractivity contribution in [2.24, 2.45) is 5.92 Å². The fraction of sp³-hybridized carbons (Fsp3) is 1.00. The van der Waals surface area contributed by atoms with Crippen molar-refractivity contribution >= 4 is 11.8 Å². The average Bonchev–Trinajstić information content (AvgIpc) is 2.67. The van der Waals surface area contributed by atoms with Crippen LogP contribution in [0.1, 0.15) is 41.0 Å². The van der Waals surface area contributed by atoms with E-state index < -0.39 is 0 Å². The third-order valence-electron chi connectivity index (χ3n) is 3.62. The van der Waals surface area contributed by atoms with Gasteiger partial charge in [0, 0.05) is 29.9 Å². The number of nitrogens with zero attached hydrogens (tertiary/aromatic N) is 1. The van der Waals surface area contributed by atoms with Crippen molar-refractivity contribution in [2.75, 3.05) is 25.1 Å². The molecule has 0 aromatic rings. The predicted octanol–water partition coefficient (Wildman–Crippen LogP) is 2.84. The quantitative estimate of drug-likeness (QED) is 0.816. The van der Waals surface area contributed by atoms with Gasteiger partial charge in [-0.15, -0.1) is 0 Å². The highest BCUT2D eigenvalue weighted by Gasteiger charge is 2.28. The summed E-state index contributed by atoms with van der Waals surface area (Å²) in [4.78, 5) is 2.61. The van der Waals surface area contributed by atoms with Gasteiger partial charge in [0.05, 0.1) is 0 Å². The molecule has 1 heterocycles. The highest BCUT2D eigenvalue weighted by molar-refractivity contribution is 7.99. The van der Waals surface area contributed by atoms with E-state index >= 15 is 0 Å². The molecule has 0 saturated carbocycles. The van der Waals surface area contributed by atoms with Gasteiger partial charge >= 0.3 is 0 Å². The molecule has 1 rings (SSSR count). The molecule has 0 aromatic carbocycles. The van der Waals surface area contributed by atoms with E-state index in [1.54, 1.807) is 0 Å². The molecule has 0 bridgehead atoms. The Kier molecular flexibility index (Phi) is 5.81. The van der Waals surface area contributed by atoms with Crippen molar-refractivity contribution in [2.45, 2.75) is 58.7 Å². The Balaban J connectivity index is 2.52. The van der Waals surface area contributed by atoms with Crippen molar-refractivity contribution in [3.8, 4) is 0 Å². The zero-order valence-corrected chi connectivity index (χ0v) is 13.2. The van der Waals surface area contributed by atoms with Crippen LogP contribution in [0.5, 0.6) is 0 Å². The lowest BCUT2D eigenvalue weighted by molar-refractivity contribution is 0.137. The van der Waals surface area contributed by atoms with Gasteiger partial charge in [-0.1, -0.05) is 13.8 Å². The third-order valence-corrected chi connectivity index (χ3v) is 4.76. The molecule has 1 saturated heterocycles.